The highest BCUT2D eigenvalue weighted by atomic mass is 16.6. The number of nitrogens with two attached hydrogens (primary N) is 1. The van der Waals surface area contributed by atoms with Crippen LogP contribution in [0.15, 0.2) is 48.5 Å². The number of anilines is 1. The van der Waals surface area contributed by atoms with Crippen LogP contribution in [0.25, 0.3) is 0 Å². The monoisotopic (exact) mass is 433 g/mol. The van der Waals surface area contributed by atoms with Crippen molar-refractivity contribution in [2.45, 2.75) is 50.8 Å². The first-order valence-electron chi connectivity index (χ1n) is 11.2. The molecule has 1 saturated carbocycles. The van der Waals surface area contributed by atoms with Crippen LogP contribution in [0.5, 0.6) is 0 Å². The van der Waals surface area contributed by atoms with Crippen LogP contribution >= 0.6 is 0 Å². The van der Waals surface area contributed by atoms with Crippen LogP contribution in [-0.2, 0) is 32.9 Å². The van der Waals surface area contributed by atoms with Crippen molar-refractivity contribution in [2.75, 3.05) is 5.73 Å². The number of nitrogens with one attached hydrogen (secondary N) is 1. The van der Waals surface area contributed by atoms with Gasteiger partial charge in [-0.15, -0.1) is 0 Å². The smallest absolute Gasteiger partial charge is 0.418 e. The van der Waals surface area contributed by atoms with Gasteiger partial charge in [0.25, 0.3) is 5.91 Å². The number of amides is 3. The number of fused-ring (bicyclic) bond motifs is 2. The summed E-state index contributed by atoms with van der Waals surface area (Å²) in [4.78, 5) is 41.2. The second-order valence-corrected chi connectivity index (χ2v) is 9.13. The topological polar surface area (TPSA) is 102 Å². The first kappa shape index (κ1) is 20.5. The van der Waals surface area contributed by atoms with Gasteiger partial charge in [-0.05, 0) is 54.4 Å². The van der Waals surface area contributed by atoms with Crippen molar-refractivity contribution in [2.24, 2.45) is 11.8 Å². The van der Waals surface area contributed by atoms with Crippen LogP contribution < -0.4 is 11.1 Å². The maximum absolute atomic E-state index is 13.7. The summed E-state index contributed by atoms with van der Waals surface area (Å²) < 4.78 is 5.76. The third-order valence-corrected chi connectivity index (χ3v) is 7.05. The molecular formula is C25H27N3O4. The van der Waals surface area contributed by atoms with Gasteiger partial charge in [-0.2, -0.15) is 0 Å². The van der Waals surface area contributed by atoms with E-state index in [-0.39, 0.29) is 11.8 Å². The molecule has 3 aliphatic rings. The molecule has 7 heteroatoms. The molecule has 166 valence electrons. The Kier molecular flexibility index (Phi) is 4.92. The molecule has 3 atom stereocenters. The van der Waals surface area contributed by atoms with Gasteiger partial charge in [0.05, 0.1) is 0 Å². The van der Waals surface area contributed by atoms with E-state index >= 15 is 0 Å². The number of carbonyl (C=O) groups excluding carboxylic acids is 3. The predicted molar refractivity (Wildman–Crippen MR) is 118 cm³/mol. The Morgan fingerprint density at radius 3 is 2.69 bits per heavy atom. The third kappa shape index (κ3) is 3.32. The van der Waals surface area contributed by atoms with Gasteiger partial charge >= 0.3 is 6.09 Å². The number of benzene rings is 2. The normalized spacial score (nSPS) is 23.7. The quantitative estimate of drug-likeness (QED) is 0.682. The van der Waals surface area contributed by atoms with Crippen molar-refractivity contribution >= 4 is 23.6 Å². The molecule has 0 aromatic heterocycles. The van der Waals surface area contributed by atoms with Crippen LogP contribution in [-0.4, -0.2) is 28.8 Å². The van der Waals surface area contributed by atoms with Gasteiger partial charge in [-0.3, -0.25) is 9.59 Å². The van der Waals surface area contributed by atoms with Gasteiger partial charge in [-0.25, -0.2) is 9.69 Å². The van der Waals surface area contributed by atoms with E-state index in [1.54, 1.807) is 12.1 Å². The number of hydrogen-bond acceptors (Lipinski definition) is 5. The average molecular weight is 434 g/mol. The maximum atomic E-state index is 13.7. The largest absolute Gasteiger partial charge is 0.427 e. The molecule has 1 spiro atoms. The lowest BCUT2D eigenvalue weighted by atomic mass is 9.91. The molecule has 32 heavy (non-hydrogen) atoms. The summed E-state index contributed by atoms with van der Waals surface area (Å²) in [6, 6.07) is 14.0. The zero-order chi connectivity index (χ0) is 22.5. The van der Waals surface area contributed by atoms with E-state index in [9.17, 15) is 14.4 Å². The first-order valence-corrected chi connectivity index (χ1v) is 11.2. The Hall–Kier alpha value is -3.35. The Labute approximate surface area is 186 Å². The minimum atomic E-state index is -1.36. The van der Waals surface area contributed by atoms with Gasteiger partial charge in [-0.1, -0.05) is 43.3 Å². The van der Waals surface area contributed by atoms with E-state index in [2.05, 4.69) is 5.32 Å². The van der Waals surface area contributed by atoms with Gasteiger partial charge in [0.15, 0.2) is 0 Å². The SMILES string of the molecule is C[C@@H](C1CC1)C(C(=O)NCc1ccccc1)N1C(=O)O[C@@]2(CCc3cc(N)ccc32)C1=O. The van der Waals surface area contributed by atoms with E-state index in [0.717, 1.165) is 28.9 Å². The molecule has 3 amide bonds. The lowest BCUT2D eigenvalue weighted by Gasteiger charge is -2.29. The molecule has 2 aromatic rings. The minimum absolute atomic E-state index is 0.148. The molecule has 0 radical (unpaired) electrons. The maximum Gasteiger partial charge on any atom is 0.418 e. The van der Waals surface area contributed by atoms with Crippen molar-refractivity contribution in [3.8, 4) is 0 Å². The molecule has 1 saturated heterocycles. The number of hydrogen-bond donors (Lipinski definition) is 2. The van der Waals surface area contributed by atoms with E-state index in [0.29, 0.717) is 36.6 Å². The molecule has 1 aliphatic heterocycles. The molecule has 2 fully saturated rings. The second-order valence-electron chi connectivity index (χ2n) is 9.13. The summed E-state index contributed by atoms with van der Waals surface area (Å²) in [6.07, 6.45) is 2.20. The molecule has 2 aromatic carbocycles. The number of aryl methyl sites for hydroxylation is 1. The Morgan fingerprint density at radius 1 is 1.22 bits per heavy atom. The minimum Gasteiger partial charge on any atom is -0.427 e. The lowest BCUT2D eigenvalue weighted by Crippen LogP contribution is -2.54. The van der Waals surface area contributed by atoms with Crippen LogP contribution in [0, 0.1) is 11.8 Å². The number of rotatable bonds is 6. The van der Waals surface area contributed by atoms with Crippen LogP contribution in [0.1, 0.15) is 42.9 Å². The fourth-order valence-electron chi connectivity index (χ4n) is 5.11. The fourth-order valence-corrected chi connectivity index (χ4v) is 5.11. The van der Waals surface area contributed by atoms with Gasteiger partial charge in [0, 0.05) is 24.2 Å². The molecule has 0 bridgehead atoms. The molecule has 3 N–H and O–H groups in total. The average Bonchev–Trinajstić information content (AvgIpc) is 3.54. The van der Waals surface area contributed by atoms with Crippen molar-refractivity contribution in [1.82, 2.24) is 10.2 Å². The predicted octanol–water partition coefficient (Wildman–Crippen LogP) is 3.12. The van der Waals surface area contributed by atoms with Gasteiger partial charge in [0.1, 0.15) is 6.04 Å². The summed E-state index contributed by atoms with van der Waals surface area (Å²) in [5.41, 5.74) is 7.69. The van der Waals surface area contributed by atoms with E-state index in [4.69, 9.17) is 10.5 Å². The van der Waals surface area contributed by atoms with Crippen molar-refractivity contribution in [3.63, 3.8) is 0 Å². The Morgan fingerprint density at radius 2 is 1.97 bits per heavy atom. The van der Waals surface area contributed by atoms with Crippen LogP contribution in [0.4, 0.5) is 10.5 Å². The zero-order valence-corrected chi connectivity index (χ0v) is 18.0. The number of nitrogen functional groups attached to an aromatic ring is 1. The lowest BCUT2D eigenvalue weighted by molar-refractivity contribution is -0.143. The van der Waals surface area contributed by atoms with E-state index in [1.165, 1.54) is 0 Å². The molecule has 5 rings (SSSR count). The molecule has 1 unspecified atom stereocenters. The number of imide groups is 1. The van der Waals surface area contributed by atoms with Crippen molar-refractivity contribution < 1.29 is 19.1 Å². The summed E-state index contributed by atoms with van der Waals surface area (Å²) in [5, 5.41) is 2.93. The molecule has 2 aliphatic carbocycles. The highest BCUT2D eigenvalue weighted by Gasteiger charge is 2.61. The Balaban J connectivity index is 1.44. The van der Waals surface area contributed by atoms with E-state index < -0.39 is 23.6 Å². The second kappa shape index (κ2) is 7.65. The van der Waals surface area contributed by atoms with Gasteiger partial charge in [0.2, 0.25) is 11.5 Å². The van der Waals surface area contributed by atoms with Crippen molar-refractivity contribution in [3.05, 3.63) is 65.2 Å². The molecular weight excluding hydrogens is 406 g/mol. The summed E-state index contributed by atoms with van der Waals surface area (Å²) in [7, 11) is 0. The number of nitrogens with zero attached hydrogens (tertiary/aromatic N) is 1. The summed E-state index contributed by atoms with van der Waals surface area (Å²) >= 11 is 0. The highest BCUT2D eigenvalue weighted by Crippen LogP contribution is 2.48. The van der Waals surface area contributed by atoms with Crippen LogP contribution in [0.2, 0.25) is 0 Å². The standard InChI is InChI=1S/C25H27N3O4/c1-15(17-7-8-17)21(22(29)27-14-16-5-3-2-4-6-16)28-23(30)25(32-24(28)31)12-11-18-13-19(26)9-10-20(18)25/h2-6,9-10,13,15,17,21H,7-8,11-12,14,26H2,1H3,(H,27,29)/t15-,21?,25+/m0/s1. The van der Waals surface area contributed by atoms with Crippen LogP contribution in [0.3, 0.4) is 0 Å². The Bertz CT molecular complexity index is 1080. The van der Waals surface area contributed by atoms with Crippen molar-refractivity contribution in [1.29, 1.82) is 0 Å². The van der Waals surface area contributed by atoms with Gasteiger partial charge < -0.3 is 15.8 Å². The number of ether oxygens (including phenoxy) is 1. The molecule has 7 nitrogen and oxygen atoms in total. The first-order chi connectivity index (χ1) is 15.4. The number of carbonyl (C=O) groups is 3. The summed E-state index contributed by atoms with van der Waals surface area (Å²) in [5.74, 6) is -0.607. The van der Waals surface area contributed by atoms with E-state index in [1.807, 2.05) is 43.3 Å². The molecule has 1 heterocycles. The summed E-state index contributed by atoms with van der Waals surface area (Å²) in [6.45, 7) is 2.27. The highest BCUT2D eigenvalue weighted by molar-refractivity contribution is 6.07. The zero-order valence-electron chi connectivity index (χ0n) is 18.0. The fraction of sp³-hybridized carbons (Fsp3) is 0.400. The third-order valence-electron chi connectivity index (χ3n) is 7.05.